The number of hydrogen-bond acceptors (Lipinski definition) is 3. The molecule has 1 aromatic heterocycles. The number of aromatic amines is 1. The second kappa shape index (κ2) is 5.81. The Morgan fingerprint density at radius 1 is 1.00 bits per heavy atom. The third-order valence-corrected chi connectivity index (χ3v) is 5.66. The van der Waals surface area contributed by atoms with Crippen LogP contribution in [0.4, 0.5) is 5.69 Å². The van der Waals surface area contributed by atoms with Crippen LogP contribution in [0.2, 0.25) is 0 Å². The second-order valence-corrected chi connectivity index (χ2v) is 7.12. The summed E-state index contributed by atoms with van der Waals surface area (Å²) in [6.45, 7) is 1.51. The van der Waals surface area contributed by atoms with Crippen LogP contribution in [0.15, 0.2) is 60.9 Å². The van der Waals surface area contributed by atoms with Crippen molar-refractivity contribution in [2.75, 3.05) is 11.4 Å². The van der Waals surface area contributed by atoms with Gasteiger partial charge in [-0.3, -0.25) is 15.2 Å². The molecule has 1 spiro atoms. The highest BCUT2D eigenvalue weighted by molar-refractivity contribution is 6.03. The third-order valence-electron chi connectivity index (χ3n) is 5.66. The largest absolute Gasteiger partial charge is 0.311 e. The Hall–Kier alpha value is -2.92. The predicted molar refractivity (Wildman–Crippen MR) is 101 cm³/mol. The molecule has 2 N–H and O–H groups in total. The van der Waals surface area contributed by atoms with Crippen molar-refractivity contribution in [3.63, 3.8) is 0 Å². The monoisotopic (exact) mass is 344 g/mol. The second-order valence-electron chi connectivity index (χ2n) is 7.12. The first-order chi connectivity index (χ1) is 12.8. The topological polar surface area (TPSA) is 61.0 Å². The van der Waals surface area contributed by atoms with Gasteiger partial charge in [-0.25, -0.2) is 0 Å². The molecular weight excluding hydrogens is 324 g/mol. The van der Waals surface area contributed by atoms with Crippen molar-refractivity contribution in [2.24, 2.45) is 0 Å². The average molecular weight is 344 g/mol. The summed E-state index contributed by atoms with van der Waals surface area (Å²) in [7, 11) is 0. The molecule has 2 aliphatic heterocycles. The summed E-state index contributed by atoms with van der Waals surface area (Å²) < 4.78 is 0. The molecule has 5 nitrogen and oxygen atoms in total. The van der Waals surface area contributed by atoms with E-state index in [1.165, 1.54) is 11.1 Å². The lowest BCUT2D eigenvalue weighted by Gasteiger charge is -2.34. The number of benzene rings is 2. The minimum absolute atomic E-state index is 0.183. The zero-order valence-electron chi connectivity index (χ0n) is 14.4. The van der Waals surface area contributed by atoms with Crippen LogP contribution in [0.25, 0.3) is 11.1 Å². The van der Waals surface area contributed by atoms with Crippen LogP contribution in [0.3, 0.4) is 0 Å². The van der Waals surface area contributed by atoms with E-state index in [0.717, 1.165) is 42.7 Å². The Kier molecular flexibility index (Phi) is 3.43. The van der Waals surface area contributed by atoms with Gasteiger partial charge in [0.25, 0.3) is 0 Å². The Morgan fingerprint density at radius 2 is 1.81 bits per heavy atom. The number of aromatic nitrogens is 2. The lowest BCUT2D eigenvalue weighted by atomic mass is 9.83. The van der Waals surface area contributed by atoms with Gasteiger partial charge in [0, 0.05) is 37.0 Å². The number of nitrogens with zero attached hydrogens (tertiary/aromatic N) is 2. The Morgan fingerprint density at radius 3 is 2.58 bits per heavy atom. The van der Waals surface area contributed by atoms with Crippen LogP contribution in [0.5, 0.6) is 0 Å². The summed E-state index contributed by atoms with van der Waals surface area (Å²) in [4.78, 5) is 15.2. The fraction of sp³-hybridized carbons (Fsp3) is 0.238. The number of carbonyl (C=O) groups is 1. The smallest absolute Gasteiger partial charge is 0.247 e. The van der Waals surface area contributed by atoms with Gasteiger partial charge >= 0.3 is 0 Å². The molecule has 0 saturated carbocycles. The molecule has 0 aliphatic carbocycles. The van der Waals surface area contributed by atoms with Crippen molar-refractivity contribution < 1.29 is 4.79 Å². The van der Waals surface area contributed by atoms with Gasteiger partial charge in [0.15, 0.2) is 0 Å². The molecule has 130 valence electrons. The van der Waals surface area contributed by atoms with E-state index in [-0.39, 0.29) is 5.91 Å². The van der Waals surface area contributed by atoms with Gasteiger partial charge in [-0.05, 0) is 35.2 Å². The lowest BCUT2D eigenvalue weighted by molar-refractivity contribution is -0.123. The van der Waals surface area contributed by atoms with Crippen LogP contribution >= 0.6 is 0 Å². The van der Waals surface area contributed by atoms with E-state index in [1.54, 1.807) is 6.20 Å². The number of amides is 1. The van der Waals surface area contributed by atoms with Crippen molar-refractivity contribution in [1.82, 2.24) is 15.5 Å². The SMILES string of the molecule is O=C1N(c2ccc(-c3cn[nH]c3)cc2)CCC12Cc1ccccc1CN2. The molecule has 2 aliphatic rings. The maximum absolute atomic E-state index is 13.3. The Labute approximate surface area is 152 Å². The molecular formula is C21H20N4O. The van der Waals surface area contributed by atoms with Gasteiger partial charge in [0.2, 0.25) is 5.91 Å². The molecule has 3 aromatic rings. The predicted octanol–water partition coefficient (Wildman–Crippen LogP) is 2.90. The minimum Gasteiger partial charge on any atom is -0.311 e. The first-order valence-electron chi connectivity index (χ1n) is 8.98. The number of nitrogens with one attached hydrogen (secondary N) is 2. The quantitative estimate of drug-likeness (QED) is 0.751. The van der Waals surface area contributed by atoms with Crippen molar-refractivity contribution in [3.05, 3.63) is 72.1 Å². The Balaban J connectivity index is 1.40. The molecule has 1 unspecified atom stereocenters. The van der Waals surface area contributed by atoms with Crippen LogP contribution in [-0.2, 0) is 17.8 Å². The van der Waals surface area contributed by atoms with Crippen molar-refractivity contribution in [3.8, 4) is 11.1 Å². The van der Waals surface area contributed by atoms with Crippen LogP contribution in [-0.4, -0.2) is 28.2 Å². The molecule has 1 atom stereocenters. The summed E-state index contributed by atoms with van der Waals surface area (Å²) in [5.74, 6) is 0.183. The van der Waals surface area contributed by atoms with E-state index in [0.29, 0.717) is 0 Å². The fourth-order valence-corrected chi connectivity index (χ4v) is 4.14. The fourth-order valence-electron chi connectivity index (χ4n) is 4.14. The normalized spacial score (nSPS) is 22.0. The highest BCUT2D eigenvalue weighted by atomic mass is 16.2. The van der Waals surface area contributed by atoms with Gasteiger partial charge in [0.05, 0.1) is 6.20 Å². The molecule has 1 saturated heterocycles. The zero-order chi connectivity index (χ0) is 17.6. The van der Waals surface area contributed by atoms with E-state index >= 15 is 0 Å². The highest BCUT2D eigenvalue weighted by Crippen LogP contribution is 2.35. The summed E-state index contributed by atoms with van der Waals surface area (Å²) >= 11 is 0. The molecule has 1 fully saturated rings. The molecule has 5 rings (SSSR count). The first-order valence-corrected chi connectivity index (χ1v) is 8.98. The maximum atomic E-state index is 13.3. The van der Waals surface area contributed by atoms with Crippen molar-refractivity contribution >= 4 is 11.6 Å². The van der Waals surface area contributed by atoms with Gasteiger partial charge < -0.3 is 4.90 Å². The molecule has 3 heterocycles. The Bertz CT molecular complexity index is 948. The van der Waals surface area contributed by atoms with Gasteiger partial charge in [-0.15, -0.1) is 0 Å². The number of anilines is 1. The molecule has 5 heteroatoms. The summed E-state index contributed by atoms with van der Waals surface area (Å²) in [5.41, 5.74) is 5.22. The first kappa shape index (κ1) is 15.3. The average Bonchev–Trinajstić information content (AvgIpc) is 3.32. The molecule has 2 aromatic carbocycles. The van der Waals surface area contributed by atoms with E-state index < -0.39 is 5.54 Å². The highest BCUT2D eigenvalue weighted by Gasteiger charge is 2.48. The number of H-pyrrole nitrogens is 1. The van der Waals surface area contributed by atoms with E-state index in [9.17, 15) is 4.79 Å². The summed E-state index contributed by atoms with van der Waals surface area (Å²) in [6, 6.07) is 16.5. The molecule has 0 radical (unpaired) electrons. The lowest BCUT2D eigenvalue weighted by Crippen LogP contribution is -2.55. The number of rotatable bonds is 2. The number of fused-ring (bicyclic) bond motifs is 1. The van der Waals surface area contributed by atoms with Crippen LogP contribution in [0, 0.1) is 0 Å². The minimum atomic E-state index is -0.461. The summed E-state index contributed by atoms with van der Waals surface area (Å²) in [5, 5.41) is 10.3. The summed E-state index contributed by atoms with van der Waals surface area (Å²) in [6.07, 6.45) is 5.28. The van der Waals surface area contributed by atoms with E-state index in [2.05, 4.69) is 39.8 Å². The third kappa shape index (κ3) is 2.35. The number of carbonyl (C=O) groups excluding carboxylic acids is 1. The standard InChI is InChI=1S/C21H20N4O/c26-20-21(11-16-3-1-2-4-17(16)12-22-21)9-10-25(20)19-7-5-15(6-8-19)18-13-23-24-14-18/h1-8,13-14,22H,9-12H2,(H,23,24). The maximum Gasteiger partial charge on any atom is 0.247 e. The van der Waals surface area contributed by atoms with Crippen LogP contribution < -0.4 is 10.2 Å². The molecule has 0 bridgehead atoms. The zero-order valence-corrected chi connectivity index (χ0v) is 14.4. The van der Waals surface area contributed by atoms with Gasteiger partial charge in [-0.2, -0.15) is 5.10 Å². The van der Waals surface area contributed by atoms with E-state index in [1.807, 2.05) is 35.4 Å². The molecule has 26 heavy (non-hydrogen) atoms. The van der Waals surface area contributed by atoms with Gasteiger partial charge in [0.1, 0.15) is 5.54 Å². The molecule has 1 amide bonds. The van der Waals surface area contributed by atoms with Crippen molar-refractivity contribution in [1.29, 1.82) is 0 Å². The van der Waals surface area contributed by atoms with E-state index in [4.69, 9.17) is 0 Å². The van der Waals surface area contributed by atoms with Gasteiger partial charge in [-0.1, -0.05) is 36.4 Å². The van der Waals surface area contributed by atoms with Crippen molar-refractivity contribution in [2.45, 2.75) is 24.9 Å². The van der Waals surface area contributed by atoms with Crippen LogP contribution in [0.1, 0.15) is 17.5 Å². The number of hydrogen-bond donors (Lipinski definition) is 2.